The molecule has 30 heavy (non-hydrogen) atoms. The monoisotopic (exact) mass is 490 g/mol. The first kappa shape index (κ1) is 24.5. The van der Waals surface area contributed by atoms with E-state index >= 15 is 0 Å². The van der Waals surface area contributed by atoms with Crippen LogP contribution in [0.1, 0.15) is 44.2 Å². The van der Waals surface area contributed by atoms with Gasteiger partial charge in [0, 0.05) is 34.6 Å². The normalized spacial score (nSPS) is 11.7. The third-order valence-electron chi connectivity index (χ3n) is 4.87. The summed E-state index contributed by atoms with van der Waals surface area (Å²) in [6.07, 6.45) is 2.35. The molecule has 0 unspecified atom stereocenters. The van der Waals surface area contributed by atoms with Crippen LogP contribution in [-0.2, 0) is 16.1 Å². The molecule has 2 rings (SSSR count). The van der Waals surface area contributed by atoms with Crippen molar-refractivity contribution in [2.24, 2.45) is 0 Å². The molecule has 162 valence electrons. The van der Waals surface area contributed by atoms with E-state index in [4.69, 9.17) is 0 Å². The molecule has 4 nitrogen and oxygen atoms in total. The summed E-state index contributed by atoms with van der Waals surface area (Å²) in [7, 11) is 0. The Morgan fingerprint density at radius 2 is 1.77 bits per heavy atom. The topological polar surface area (TPSA) is 49.4 Å². The van der Waals surface area contributed by atoms with E-state index in [1.807, 2.05) is 31.2 Å². The molecule has 0 heterocycles. The number of nitrogens with one attached hydrogen (secondary N) is 1. The lowest BCUT2D eigenvalue weighted by molar-refractivity contribution is -0.140. The fourth-order valence-corrected chi connectivity index (χ4v) is 4.04. The number of aryl methyl sites for hydroxylation is 1. The van der Waals surface area contributed by atoms with Crippen LogP contribution in [0.2, 0.25) is 0 Å². The molecule has 2 aromatic rings. The Bertz CT molecular complexity index is 809. The lowest BCUT2D eigenvalue weighted by Crippen LogP contribution is -2.47. The van der Waals surface area contributed by atoms with Gasteiger partial charge >= 0.3 is 0 Å². The van der Waals surface area contributed by atoms with Gasteiger partial charge in [-0.3, -0.25) is 9.59 Å². The largest absolute Gasteiger partial charge is 0.354 e. The van der Waals surface area contributed by atoms with E-state index in [0.29, 0.717) is 25.3 Å². The first-order valence-electron chi connectivity index (χ1n) is 10.4. The Kier molecular flexibility index (Phi) is 10.4. The fourth-order valence-electron chi connectivity index (χ4n) is 2.94. The molecule has 1 atom stereocenters. The summed E-state index contributed by atoms with van der Waals surface area (Å²) < 4.78 is 0.990. The summed E-state index contributed by atoms with van der Waals surface area (Å²) in [5, 5.41) is 2.96. The lowest BCUT2D eigenvalue weighted by Gasteiger charge is -2.29. The molecular weight excluding hydrogens is 460 g/mol. The minimum Gasteiger partial charge on any atom is -0.354 e. The number of rotatable bonds is 11. The summed E-state index contributed by atoms with van der Waals surface area (Å²) in [6, 6.07) is 15.7. The molecule has 0 aliphatic heterocycles. The second-order valence-electron chi connectivity index (χ2n) is 7.38. The van der Waals surface area contributed by atoms with E-state index in [1.165, 1.54) is 5.56 Å². The SMILES string of the molecule is CCCCNC(=O)[C@H](C)N(Cc1ccc(Br)cc1)C(=O)CCSc1ccc(C)cc1. The van der Waals surface area contributed by atoms with Gasteiger partial charge in [0.1, 0.15) is 6.04 Å². The Labute approximate surface area is 192 Å². The Hall–Kier alpha value is -1.79. The molecular formula is C24H31BrN2O2S. The van der Waals surface area contributed by atoms with Crippen molar-refractivity contribution in [3.8, 4) is 0 Å². The predicted molar refractivity (Wildman–Crippen MR) is 129 cm³/mol. The van der Waals surface area contributed by atoms with Crippen LogP contribution in [-0.4, -0.2) is 35.1 Å². The highest BCUT2D eigenvalue weighted by Crippen LogP contribution is 2.21. The van der Waals surface area contributed by atoms with Gasteiger partial charge in [-0.25, -0.2) is 0 Å². The molecule has 2 aromatic carbocycles. The van der Waals surface area contributed by atoms with E-state index in [1.54, 1.807) is 16.7 Å². The van der Waals surface area contributed by atoms with E-state index in [9.17, 15) is 9.59 Å². The molecule has 0 spiro atoms. The number of carbonyl (C=O) groups is 2. The Morgan fingerprint density at radius 1 is 1.10 bits per heavy atom. The van der Waals surface area contributed by atoms with Gasteiger partial charge in [-0.1, -0.05) is 59.1 Å². The van der Waals surface area contributed by atoms with Crippen LogP contribution < -0.4 is 5.32 Å². The van der Waals surface area contributed by atoms with Crippen molar-refractivity contribution in [2.75, 3.05) is 12.3 Å². The third kappa shape index (κ3) is 8.15. The first-order valence-corrected chi connectivity index (χ1v) is 12.2. The second kappa shape index (κ2) is 12.8. The van der Waals surface area contributed by atoms with Gasteiger partial charge in [0.25, 0.3) is 0 Å². The molecule has 0 aliphatic rings. The van der Waals surface area contributed by atoms with Crippen molar-refractivity contribution in [2.45, 2.75) is 57.5 Å². The van der Waals surface area contributed by atoms with Crippen LogP contribution in [0, 0.1) is 6.92 Å². The summed E-state index contributed by atoms with van der Waals surface area (Å²) in [6.45, 7) is 7.02. The van der Waals surface area contributed by atoms with E-state index in [-0.39, 0.29) is 11.8 Å². The minimum atomic E-state index is -0.512. The number of hydrogen-bond donors (Lipinski definition) is 1. The maximum atomic E-state index is 13.1. The highest BCUT2D eigenvalue weighted by Gasteiger charge is 2.25. The molecule has 0 radical (unpaired) electrons. The molecule has 0 aromatic heterocycles. The number of halogens is 1. The number of hydrogen-bond acceptors (Lipinski definition) is 3. The van der Waals surface area contributed by atoms with E-state index in [0.717, 1.165) is 27.8 Å². The number of thioether (sulfide) groups is 1. The van der Waals surface area contributed by atoms with Crippen LogP contribution >= 0.6 is 27.7 Å². The van der Waals surface area contributed by atoms with Gasteiger partial charge in [0.2, 0.25) is 11.8 Å². The number of unbranched alkanes of at least 4 members (excludes halogenated alkanes) is 1. The van der Waals surface area contributed by atoms with E-state index in [2.05, 4.69) is 59.4 Å². The zero-order valence-corrected chi connectivity index (χ0v) is 20.4. The smallest absolute Gasteiger partial charge is 0.242 e. The molecule has 2 amide bonds. The van der Waals surface area contributed by atoms with Crippen molar-refractivity contribution < 1.29 is 9.59 Å². The van der Waals surface area contributed by atoms with Crippen LogP contribution in [0.15, 0.2) is 57.9 Å². The Balaban J connectivity index is 2.02. The molecule has 0 saturated carbocycles. The van der Waals surface area contributed by atoms with Crippen molar-refractivity contribution in [3.63, 3.8) is 0 Å². The summed E-state index contributed by atoms with van der Waals surface area (Å²) in [5.41, 5.74) is 2.23. The summed E-state index contributed by atoms with van der Waals surface area (Å²) in [4.78, 5) is 28.5. The van der Waals surface area contributed by atoms with Crippen LogP contribution in [0.4, 0.5) is 0 Å². The first-order chi connectivity index (χ1) is 14.4. The van der Waals surface area contributed by atoms with Gasteiger partial charge in [0.15, 0.2) is 0 Å². The van der Waals surface area contributed by atoms with Crippen molar-refractivity contribution in [1.82, 2.24) is 10.2 Å². The molecule has 0 saturated heterocycles. The minimum absolute atomic E-state index is 0.00401. The highest BCUT2D eigenvalue weighted by molar-refractivity contribution is 9.10. The zero-order chi connectivity index (χ0) is 21.9. The van der Waals surface area contributed by atoms with E-state index < -0.39 is 6.04 Å². The van der Waals surface area contributed by atoms with Gasteiger partial charge in [-0.2, -0.15) is 0 Å². The van der Waals surface area contributed by atoms with Crippen LogP contribution in [0.25, 0.3) is 0 Å². The number of amides is 2. The molecule has 1 N–H and O–H groups in total. The molecule has 0 aliphatic carbocycles. The highest BCUT2D eigenvalue weighted by atomic mass is 79.9. The lowest BCUT2D eigenvalue weighted by atomic mass is 10.1. The number of nitrogens with zero attached hydrogens (tertiary/aromatic N) is 1. The molecule has 0 bridgehead atoms. The third-order valence-corrected chi connectivity index (χ3v) is 6.41. The summed E-state index contributed by atoms with van der Waals surface area (Å²) >= 11 is 5.11. The predicted octanol–water partition coefficient (Wildman–Crippen LogP) is 5.57. The maximum Gasteiger partial charge on any atom is 0.242 e. The number of benzene rings is 2. The van der Waals surface area contributed by atoms with Crippen molar-refractivity contribution >= 4 is 39.5 Å². The van der Waals surface area contributed by atoms with Crippen LogP contribution in [0.5, 0.6) is 0 Å². The van der Waals surface area contributed by atoms with Crippen molar-refractivity contribution in [3.05, 3.63) is 64.1 Å². The number of carbonyl (C=O) groups excluding carboxylic acids is 2. The second-order valence-corrected chi connectivity index (χ2v) is 9.46. The van der Waals surface area contributed by atoms with Gasteiger partial charge in [-0.05, 0) is 50.1 Å². The summed E-state index contributed by atoms with van der Waals surface area (Å²) in [5.74, 6) is 0.582. The average Bonchev–Trinajstić information content (AvgIpc) is 2.74. The standard InChI is InChI=1S/C24H31BrN2O2S/c1-4-5-15-26-24(29)19(3)27(17-20-8-10-21(25)11-9-20)23(28)14-16-30-22-12-6-18(2)7-13-22/h6-13,19H,4-5,14-17H2,1-3H3,(H,26,29)/t19-/m0/s1. The zero-order valence-electron chi connectivity index (χ0n) is 18.0. The maximum absolute atomic E-state index is 13.1. The average molecular weight is 491 g/mol. The molecule has 0 fully saturated rings. The Morgan fingerprint density at radius 3 is 2.40 bits per heavy atom. The molecule has 6 heteroatoms. The fraction of sp³-hybridized carbons (Fsp3) is 0.417. The van der Waals surface area contributed by atoms with Gasteiger partial charge < -0.3 is 10.2 Å². The van der Waals surface area contributed by atoms with Gasteiger partial charge in [0.05, 0.1) is 0 Å². The van der Waals surface area contributed by atoms with Gasteiger partial charge in [-0.15, -0.1) is 11.8 Å². The van der Waals surface area contributed by atoms with Crippen molar-refractivity contribution in [1.29, 1.82) is 0 Å². The quantitative estimate of drug-likeness (QED) is 0.330. The van der Waals surface area contributed by atoms with Crippen LogP contribution in [0.3, 0.4) is 0 Å².